The molecule has 0 saturated carbocycles. The first-order chi connectivity index (χ1) is 29.8. The molecule has 5 aliphatic rings. The standard InChI is InChI=1S/C23H24N6O3S.C19H17N5O3S/c1-31-21-16(8-14-10-24-11-17(14)28-21)27-20-19-15-3-2-13(23(30)29-4-6-32-7-5-29)9-18(15)33-22(19)26-12-25-20;1-27-17-12(4-10-6-20-7-13(10)24-17)23-16-15-11-3-2-9(19(25)26)5-14(11)28-18(15)22-8-21-16/h8,10,12-13H,2-7,9,11H2,1H3,(H,25,26,27);4,6,8-9H,2-3,5,7H2,1H3,(H,25,26)(H,21,22,23)/t13-;9-/m00/s1. The van der Waals surface area contributed by atoms with Crippen LogP contribution in [-0.4, -0.2) is 105 Å². The van der Waals surface area contributed by atoms with E-state index in [1.807, 2.05) is 23.2 Å². The van der Waals surface area contributed by atoms with Crippen LogP contribution >= 0.6 is 22.7 Å². The summed E-state index contributed by atoms with van der Waals surface area (Å²) in [6, 6.07) is 3.96. The van der Waals surface area contributed by atoms with Gasteiger partial charge in [-0.2, -0.15) is 0 Å². The highest BCUT2D eigenvalue weighted by Crippen LogP contribution is 2.43. The number of hydrogen-bond donors (Lipinski definition) is 3. The lowest BCUT2D eigenvalue weighted by Gasteiger charge is -2.31. The van der Waals surface area contributed by atoms with Gasteiger partial charge in [0.2, 0.25) is 17.7 Å². The number of carboxylic acids is 1. The van der Waals surface area contributed by atoms with E-state index in [1.54, 1.807) is 49.4 Å². The molecule has 11 rings (SSSR count). The van der Waals surface area contributed by atoms with Gasteiger partial charge in [-0.05, 0) is 61.8 Å². The number of aryl methyl sites for hydroxylation is 2. The molecular formula is C42H41N11O6S2. The largest absolute Gasteiger partial charge is 0.481 e. The minimum absolute atomic E-state index is 0.0216. The smallest absolute Gasteiger partial charge is 0.306 e. The molecule has 6 aromatic rings. The number of rotatable bonds is 8. The first-order valence-electron chi connectivity index (χ1n) is 20.1. The third kappa shape index (κ3) is 7.39. The number of methoxy groups -OCH3 is 2. The maximum absolute atomic E-state index is 13.1. The molecule has 312 valence electrons. The molecule has 2 aliphatic carbocycles. The molecule has 1 saturated heterocycles. The molecule has 1 amide bonds. The fourth-order valence-electron chi connectivity index (χ4n) is 8.65. The fraction of sp³-hybridized carbons (Fsp3) is 0.381. The number of amides is 1. The minimum Gasteiger partial charge on any atom is -0.481 e. The number of ether oxygens (including phenoxy) is 3. The predicted octanol–water partition coefficient (Wildman–Crippen LogP) is 5.70. The number of nitrogens with zero attached hydrogens (tertiary/aromatic N) is 9. The van der Waals surface area contributed by atoms with Gasteiger partial charge in [-0.1, -0.05) is 0 Å². The zero-order valence-electron chi connectivity index (χ0n) is 33.4. The molecule has 1 fully saturated rings. The Balaban J connectivity index is 0.000000148. The lowest BCUT2D eigenvalue weighted by atomic mass is 9.86. The first-order valence-corrected chi connectivity index (χ1v) is 21.8. The number of thiophene rings is 2. The van der Waals surface area contributed by atoms with Crippen LogP contribution in [0.15, 0.2) is 34.8 Å². The SMILES string of the molecule is COc1nc2c(cc1Nc1ncnc3sc4c(c13)CC[C@H](C(=O)N1CCOCC1)C4)C=NC2.COc1nc2c(cc1Nc1ncnc3sc4c(c13)CC[C@H](C(=O)O)C4)C=NC2. The van der Waals surface area contributed by atoms with E-state index < -0.39 is 5.97 Å². The van der Waals surface area contributed by atoms with Crippen LogP contribution in [0.5, 0.6) is 11.8 Å². The summed E-state index contributed by atoms with van der Waals surface area (Å²) in [5.74, 6) is 1.65. The second kappa shape index (κ2) is 16.4. The van der Waals surface area contributed by atoms with Crippen molar-refractivity contribution in [2.75, 3.05) is 51.2 Å². The molecule has 61 heavy (non-hydrogen) atoms. The predicted molar refractivity (Wildman–Crippen MR) is 232 cm³/mol. The van der Waals surface area contributed by atoms with Gasteiger partial charge in [0, 0.05) is 52.3 Å². The first kappa shape index (κ1) is 39.0. The van der Waals surface area contributed by atoms with Gasteiger partial charge in [-0.3, -0.25) is 19.6 Å². The topological polar surface area (TPSA) is 211 Å². The van der Waals surface area contributed by atoms with Crippen LogP contribution in [0.1, 0.15) is 56.2 Å². The van der Waals surface area contributed by atoms with Gasteiger partial charge in [0.25, 0.3) is 0 Å². The Morgan fingerprint density at radius 3 is 1.77 bits per heavy atom. The third-order valence-corrected chi connectivity index (χ3v) is 14.1. The maximum Gasteiger partial charge on any atom is 0.306 e. The summed E-state index contributed by atoms with van der Waals surface area (Å²) in [6.45, 7) is 3.78. The average Bonchev–Trinajstić information content (AvgIpc) is 4.10. The van der Waals surface area contributed by atoms with Crippen molar-refractivity contribution in [3.8, 4) is 11.8 Å². The second-order valence-corrected chi connectivity index (χ2v) is 17.5. The van der Waals surface area contributed by atoms with Gasteiger partial charge in [-0.25, -0.2) is 29.9 Å². The molecular weight excluding hydrogens is 819 g/mol. The van der Waals surface area contributed by atoms with Crippen molar-refractivity contribution >= 4 is 90.4 Å². The van der Waals surface area contributed by atoms with Gasteiger partial charge >= 0.3 is 5.97 Å². The number of aromatic nitrogens is 6. The second-order valence-electron chi connectivity index (χ2n) is 15.3. The molecule has 3 aliphatic heterocycles. The van der Waals surface area contributed by atoms with Crippen LogP contribution in [0.3, 0.4) is 0 Å². The van der Waals surface area contributed by atoms with E-state index in [2.05, 4.69) is 50.5 Å². The Labute approximate surface area is 357 Å². The number of aliphatic carboxylic acids is 1. The zero-order valence-corrected chi connectivity index (χ0v) is 35.1. The molecule has 0 unspecified atom stereocenters. The number of hydrogen-bond acceptors (Lipinski definition) is 17. The molecule has 2 atom stereocenters. The maximum atomic E-state index is 13.1. The van der Waals surface area contributed by atoms with Gasteiger partial charge in [0.05, 0.1) is 68.6 Å². The van der Waals surface area contributed by atoms with Gasteiger partial charge in [0.1, 0.15) is 45.3 Å². The Morgan fingerprint density at radius 2 is 1.26 bits per heavy atom. The Kier molecular flexibility index (Phi) is 10.5. The number of nitrogens with one attached hydrogen (secondary N) is 2. The van der Waals surface area contributed by atoms with Gasteiger partial charge in [-0.15, -0.1) is 22.7 Å². The molecule has 9 heterocycles. The van der Waals surface area contributed by atoms with Crippen molar-refractivity contribution in [3.05, 3.63) is 68.2 Å². The van der Waals surface area contributed by atoms with Crippen LogP contribution in [0.4, 0.5) is 23.0 Å². The van der Waals surface area contributed by atoms with E-state index in [4.69, 9.17) is 14.2 Å². The number of carboxylic acid groups (broad SMARTS) is 1. The van der Waals surface area contributed by atoms with Crippen molar-refractivity contribution in [3.63, 3.8) is 0 Å². The zero-order chi connectivity index (χ0) is 41.6. The van der Waals surface area contributed by atoms with E-state index in [0.29, 0.717) is 81.9 Å². The average molecular weight is 860 g/mol. The molecule has 19 heteroatoms. The summed E-state index contributed by atoms with van der Waals surface area (Å²) in [5, 5.41) is 18.1. The normalized spacial score (nSPS) is 18.5. The summed E-state index contributed by atoms with van der Waals surface area (Å²) in [5.41, 5.74) is 7.62. The number of fused-ring (bicyclic) bond motifs is 8. The van der Waals surface area contributed by atoms with Crippen molar-refractivity contribution in [2.45, 2.75) is 51.6 Å². The van der Waals surface area contributed by atoms with Crippen LogP contribution in [0.25, 0.3) is 20.4 Å². The summed E-state index contributed by atoms with van der Waals surface area (Å²) in [6.07, 6.45) is 11.1. The lowest BCUT2D eigenvalue weighted by molar-refractivity contribution is -0.142. The van der Waals surface area contributed by atoms with Crippen LogP contribution in [-0.2, 0) is 53.1 Å². The molecule has 6 aromatic heterocycles. The minimum atomic E-state index is -0.733. The number of aliphatic imine (C=N–C) groups is 2. The van der Waals surface area contributed by atoms with Gasteiger partial charge in [0.15, 0.2) is 0 Å². The van der Waals surface area contributed by atoms with Crippen molar-refractivity contribution in [2.24, 2.45) is 21.8 Å². The van der Waals surface area contributed by atoms with E-state index in [1.165, 1.54) is 16.8 Å². The van der Waals surface area contributed by atoms with E-state index in [-0.39, 0.29) is 17.7 Å². The summed E-state index contributed by atoms with van der Waals surface area (Å²) >= 11 is 3.22. The summed E-state index contributed by atoms with van der Waals surface area (Å²) < 4.78 is 16.4. The number of carbonyl (C=O) groups excluding carboxylic acids is 1. The number of morpholine rings is 1. The third-order valence-electron chi connectivity index (χ3n) is 11.7. The summed E-state index contributed by atoms with van der Waals surface area (Å²) in [7, 11) is 3.20. The fourth-order valence-corrected chi connectivity index (χ4v) is 11.2. The number of carbonyl (C=O) groups is 2. The van der Waals surface area contributed by atoms with Crippen LogP contribution in [0, 0.1) is 11.8 Å². The van der Waals surface area contributed by atoms with E-state index >= 15 is 0 Å². The van der Waals surface area contributed by atoms with Crippen molar-refractivity contribution in [1.29, 1.82) is 0 Å². The van der Waals surface area contributed by atoms with Gasteiger partial charge < -0.3 is 34.9 Å². The highest BCUT2D eigenvalue weighted by Gasteiger charge is 2.33. The summed E-state index contributed by atoms with van der Waals surface area (Å²) in [4.78, 5) is 66.2. The lowest BCUT2D eigenvalue weighted by Crippen LogP contribution is -2.44. The van der Waals surface area contributed by atoms with E-state index in [9.17, 15) is 14.7 Å². The molecule has 0 bridgehead atoms. The van der Waals surface area contributed by atoms with Crippen LogP contribution in [0.2, 0.25) is 0 Å². The molecule has 0 radical (unpaired) electrons. The molecule has 0 spiro atoms. The highest BCUT2D eigenvalue weighted by molar-refractivity contribution is 7.19. The molecule has 17 nitrogen and oxygen atoms in total. The van der Waals surface area contributed by atoms with Crippen LogP contribution < -0.4 is 20.1 Å². The van der Waals surface area contributed by atoms with Crippen molar-refractivity contribution in [1.82, 2.24) is 34.8 Å². The molecule has 3 N–H and O–H groups in total. The monoisotopic (exact) mass is 859 g/mol. The Hall–Kier alpha value is -6.18. The quantitative estimate of drug-likeness (QED) is 0.168. The Morgan fingerprint density at radius 1 is 0.754 bits per heavy atom. The van der Waals surface area contributed by atoms with E-state index in [0.717, 1.165) is 84.2 Å². The molecule has 0 aromatic carbocycles. The number of anilines is 4. The Bertz CT molecular complexity index is 2780. The van der Waals surface area contributed by atoms with Crippen molar-refractivity contribution < 1.29 is 28.9 Å². The number of pyridine rings is 2. The highest BCUT2D eigenvalue weighted by atomic mass is 32.1.